The van der Waals surface area contributed by atoms with Gasteiger partial charge in [0.15, 0.2) is 0 Å². The molecule has 0 radical (unpaired) electrons. The Kier molecular flexibility index (Phi) is 6.35. The molecule has 1 saturated heterocycles. The monoisotopic (exact) mass is 367 g/mol. The number of carbonyl (C=O) groups is 1. The van der Waals surface area contributed by atoms with Gasteiger partial charge in [0, 0.05) is 37.5 Å². The van der Waals surface area contributed by atoms with Crippen LogP contribution in [0.2, 0.25) is 0 Å². The van der Waals surface area contributed by atoms with Gasteiger partial charge in [0.25, 0.3) is 5.91 Å². The number of anilines is 1. The number of hydrogen-bond donors (Lipinski definition) is 1. The second-order valence-corrected chi connectivity index (χ2v) is 7.15. The Morgan fingerprint density at radius 1 is 1.11 bits per heavy atom. The molecule has 1 aliphatic heterocycles. The number of amides is 1. The summed E-state index contributed by atoms with van der Waals surface area (Å²) in [6, 6.07) is 15.9. The van der Waals surface area contributed by atoms with E-state index in [0.717, 1.165) is 30.1 Å². The van der Waals surface area contributed by atoms with E-state index in [9.17, 15) is 4.79 Å². The van der Waals surface area contributed by atoms with Crippen molar-refractivity contribution in [3.63, 3.8) is 0 Å². The van der Waals surface area contributed by atoms with Crippen LogP contribution in [0.4, 0.5) is 5.69 Å². The van der Waals surface area contributed by atoms with Crippen LogP contribution in [-0.2, 0) is 0 Å². The molecule has 0 spiro atoms. The molecule has 5 nitrogen and oxygen atoms in total. The molecule has 1 unspecified atom stereocenters. The minimum Gasteiger partial charge on any atom is -0.496 e. The summed E-state index contributed by atoms with van der Waals surface area (Å²) in [7, 11) is 5.68. The first-order chi connectivity index (χ1) is 13.1. The van der Waals surface area contributed by atoms with Gasteiger partial charge >= 0.3 is 0 Å². The first-order valence-corrected chi connectivity index (χ1v) is 9.52. The average molecular weight is 367 g/mol. The molecule has 1 aliphatic rings. The van der Waals surface area contributed by atoms with Crippen LogP contribution in [0.25, 0.3) is 0 Å². The summed E-state index contributed by atoms with van der Waals surface area (Å²) in [6.45, 7) is 2.67. The molecule has 1 atom stereocenters. The van der Waals surface area contributed by atoms with E-state index in [1.54, 1.807) is 7.11 Å². The molecule has 1 N–H and O–H groups in total. The molecule has 0 bridgehead atoms. The normalized spacial score (nSPS) is 15.4. The molecule has 5 heteroatoms. The molecule has 0 aliphatic carbocycles. The molecular formula is C22H29N3O2. The highest BCUT2D eigenvalue weighted by Gasteiger charge is 2.26. The third-order valence-electron chi connectivity index (χ3n) is 5.18. The fourth-order valence-electron chi connectivity index (χ4n) is 3.63. The van der Waals surface area contributed by atoms with E-state index in [2.05, 4.69) is 16.3 Å². The minimum absolute atomic E-state index is 0.0422. The molecule has 27 heavy (non-hydrogen) atoms. The molecule has 1 heterocycles. The molecule has 1 amide bonds. The molecule has 0 saturated carbocycles. The van der Waals surface area contributed by atoms with Crippen molar-refractivity contribution in [2.24, 2.45) is 0 Å². The van der Waals surface area contributed by atoms with Gasteiger partial charge in [-0.15, -0.1) is 0 Å². The van der Waals surface area contributed by atoms with Crippen molar-refractivity contribution in [1.82, 2.24) is 10.2 Å². The predicted molar refractivity (Wildman–Crippen MR) is 110 cm³/mol. The van der Waals surface area contributed by atoms with Crippen LogP contribution in [0.3, 0.4) is 0 Å². The maximum absolute atomic E-state index is 12.7. The first kappa shape index (κ1) is 19.2. The molecular weight excluding hydrogens is 338 g/mol. The summed E-state index contributed by atoms with van der Waals surface area (Å²) in [5, 5.41) is 3.12. The van der Waals surface area contributed by atoms with Crippen molar-refractivity contribution in [2.45, 2.75) is 18.9 Å². The largest absolute Gasteiger partial charge is 0.496 e. The average Bonchev–Trinajstić information content (AvgIpc) is 3.23. The Bertz CT molecular complexity index is 752. The number of hydrogen-bond acceptors (Lipinski definition) is 4. The highest BCUT2D eigenvalue weighted by molar-refractivity contribution is 5.94. The van der Waals surface area contributed by atoms with Crippen LogP contribution in [-0.4, -0.2) is 51.6 Å². The van der Waals surface area contributed by atoms with Crippen LogP contribution in [0.1, 0.15) is 34.8 Å². The summed E-state index contributed by atoms with van der Waals surface area (Å²) >= 11 is 0. The topological polar surface area (TPSA) is 44.8 Å². The van der Waals surface area contributed by atoms with Crippen molar-refractivity contribution in [3.8, 4) is 5.75 Å². The third kappa shape index (κ3) is 4.61. The van der Waals surface area contributed by atoms with Crippen molar-refractivity contribution in [1.29, 1.82) is 0 Å². The lowest BCUT2D eigenvalue weighted by Crippen LogP contribution is -2.37. The van der Waals surface area contributed by atoms with Gasteiger partial charge in [-0.25, -0.2) is 0 Å². The Morgan fingerprint density at radius 3 is 2.41 bits per heavy atom. The molecule has 0 aromatic heterocycles. The number of likely N-dealkylation sites (tertiary alicyclic amines) is 1. The maximum Gasteiger partial charge on any atom is 0.251 e. The van der Waals surface area contributed by atoms with Gasteiger partial charge in [-0.2, -0.15) is 0 Å². The fraction of sp³-hybridized carbons (Fsp3) is 0.409. The quantitative estimate of drug-likeness (QED) is 0.815. The highest BCUT2D eigenvalue weighted by atomic mass is 16.5. The number of nitrogens with zero attached hydrogens (tertiary/aromatic N) is 2. The number of carbonyl (C=O) groups excluding carboxylic acids is 1. The van der Waals surface area contributed by atoms with Crippen molar-refractivity contribution < 1.29 is 9.53 Å². The van der Waals surface area contributed by atoms with E-state index in [-0.39, 0.29) is 11.9 Å². The summed E-state index contributed by atoms with van der Waals surface area (Å²) in [5.74, 6) is 0.832. The summed E-state index contributed by atoms with van der Waals surface area (Å²) in [5.41, 5.74) is 2.89. The summed E-state index contributed by atoms with van der Waals surface area (Å²) in [6.07, 6.45) is 2.40. The lowest BCUT2D eigenvalue weighted by molar-refractivity contribution is 0.0937. The van der Waals surface area contributed by atoms with Crippen LogP contribution in [0.5, 0.6) is 5.75 Å². The van der Waals surface area contributed by atoms with E-state index >= 15 is 0 Å². The van der Waals surface area contributed by atoms with Gasteiger partial charge in [-0.1, -0.05) is 18.2 Å². The van der Waals surface area contributed by atoms with E-state index in [1.165, 1.54) is 12.8 Å². The number of ether oxygens (including phenoxy) is 1. The maximum atomic E-state index is 12.7. The second kappa shape index (κ2) is 8.91. The Labute approximate surface area is 161 Å². The fourth-order valence-corrected chi connectivity index (χ4v) is 3.63. The van der Waals surface area contributed by atoms with E-state index in [1.807, 2.05) is 61.5 Å². The van der Waals surface area contributed by atoms with E-state index < -0.39 is 0 Å². The Morgan fingerprint density at radius 2 is 1.78 bits per heavy atom. The zero-order valence-electron chi connectivity index (χ0n) is 16.4. The van der Waals surface area contributed by atoms with Crippen LogP contribution >= 0.6 is 0 Å². The number of rotatable bonds is 7. The number of benzene rings is 2. The minimum atomic E-state index is -0.0422. The van der Waals surface area contributed by atoms with Crippen molar-refractivity contribution in [3.05, 3.63) is 59.7 Å². The molecule has 2 aromatic carbocycles. The Hall–Kier alpha value is -2.53. The lowest BCUT2D eigenvalue weighted by Gasteiger charge is -2.29. The van der Waals surface area contributed by atoms with Crippen molar-refractivity contribution in [2.75, 3.05) is 45.7 Å². The summed E-state index contributed by atoms with van der Waals surface area (Å²) in [4.78, 5) is 17.1. The number of para-hydroxylation sites is 1. The molecule has 3 rings (SSSR count). The van der Waals surface area contributed by atoms with Crippen LogP contribution < -0.4 is 15.0 Å². The zero-order valence-corrected chi connectivity index (χ0v) is 16.4. The molecule has 2 aromatic rings. The molecule has 144 valence electrons. The number of methoxy groups -OCH3 is 1. The van der Waals surface area contributed by atoms with Gasteiger partial charge in [-0.05, 0) is 56.3 Å². The van der Waals surface area contributed by atoms with Crippen LogP contribution in [0, 0.1) is 0 Å². The van der Waals surface area contributed by atoms with Gasteiger partial charge in [-0.3, -0.25) is 9.69 Å². The standard InChI is InChI=1S/C22H29N3O2/c1-24(2)18-12-10-17(11-13-18)22(26)23-16-20(25-14-6-7-15-25)19-8-4-5-9-21(19)27-3/h4-5,8-13,20H,6-7,14-16H2,1-3H3,(H,23,26). The SMILES string of the molecule is COc1ccccc1C(CNC(=O)c1ccc(N(C)C)cc1)N1CCCC1. The van der Waals surface area contributed by atoms with E-state index in [0.29, 0.717) is 12.1 Å². The lowest BCUT2D eigenvalue weighted by atomic mass is 10.0. The van der Waals surface area contributed by atoms with Gasteiger partial charge in [0.1, 0.15) is 5.75 Å². The smallest absolute Gasteiger partial charge is 0.251 e. The number of nitrogens with one attached hydrogen (secondary N) is 1. The summed E-state index contributed by atoms with van der Waals surface area (Å²) < 4.78 is 5.57. The van der Waals surface area contributed by atoms with Gasteiger partial charge in [0.2, 0.25) is 0 Å². The Balaban J connectivity index is 1.73. The predicted octanol–water partition coefficient (Wildman–Crippen LogP) is 3.33. The highest BCUT2D eigenvalue weighted by Crippen LogP contribution is 2.31. The van der Waals surface area contributed by atoms with Crippen molar-refractivity contribution >= 4 is 11.6 Å². The van der Waals surface area contributed by atoms with E-state index in [4.69, 9.17) is 4.74 Å². The molecule has 1 fully saturated rings. The zero-order chi connectivity index (χ0) is 19.2. The first-order valence-electron chi connectivity index (χ1n) is 9.52. The van der Waals surface area contributed by atoms with Gasteiger partial charge in [0.05, 0.1) is 13.2 Å². The van der Waals surface area contributed by atoms with Crippen LogP contribution in [0.15, 0.2) is 48.5 Å². The third-order valence-corrected chi connectivity index (χ3v) is 5.18. The second-order valence-electron chi connectivity index (χ2n) is 7.15. The van der Waals surface area contributed by atoms with Gasteiger partial charge < -0.3 is 15.0 Å².